The van der Waals surface area contributed by atoms with Crippen molar-refractivity contribution < 1.29 is 14.6 Å². The van der Waals surface area contributed by atoms with Crippen molar-refractivity contribution in [1.29, 1.82) is 0 Å². The third-order valence-electron chi connectivity index (χ3n) is 5.37. The Bertz CT molecular complexity index is 653. The highest BCUT2D eigenvalue weighted by atomic mass is 32.2. The number of carbonyl (C=O) groups is 1. The Morgan fingerprint density at radius 3 is 2.88 bits per heavy atom. The van der Waals surface area contributed by atoms with Crippen molar-refractivity contribution in [3.63, 3.8) is 0 Å². The van der Waals surface area contributed by atoms with E-state index in [2.05, 4.69) is 20.2 Å². The van der Waals surface area contributed by atoms with E-state index in [4.69, 9.17) is 10.5 Å². The van der Waals surface area contributed by atoms with Crippen LogP contribution < -0.4 is 16.0 Å². The fraction of sp³-hybridized carbons (Fsp3) is 0.706. The Morgan fingerprint density at radius 1 is 1.50 bits per heavy atom. The lowest BCUT2D eigenvalue weighted by atomic mass is 9.73. The van der Waals surface area contributed by atoms with Gasteiger partial charge in [0, 0.05) is 25.9 Å². The second-order valence-electron chi connectivity index (χ2n) is 7.23. The van der Waals surface area contributed by atoms with E-state index >= 15 is 0 Å². The average molecular weight is 382 g/mol. The summed E-state index contributed by atoms with van der Waals surface area (Å²) in [5.41, 5.74) is 4.41. The van der Waals surface area contributed by atoms with Crippen LogP contribution in [0.15, 0.2) is 12.3 Å². The SMILES string of the molecule is CSCC(=O)N[C@]1(C)CCOC2(CCN(c3nccc(N)n3)CC2)C1O. The molecule has 2 saturated heterocycles. The molecule has 8 nitrogen and oxygen atoms in total. The Kier molecular flexibility index (Phi) is 5.59. The minimum absolute atomic E-state index is 0.0540. The summed E-state index contributed by atoms with van der Waals surface area (Å²) in [6.45, 7) is 3.75. The van der Waals surface area contributed by atoms with Gasteiger partial charge >= 0.3 is 0 Å². The quantitative estimate of drug-likeness (QED) is 0.688. The summed E-state index contributed by atoms with van der Waals surface area (Å²) in [7, 11) is 0. The number of amides is 1. The van der Waals surface area contributed by atoms with Crippen LogP contribution in [0.5, 0.6) is 0 Å². The number of nitrogen functional groups attached to an aromatic ring is 1. The highest BCUT2D eigenvalue weighted by Crippen LogP contribution is 2.40. The number of aliphatic hydroxyl groups is 1. The number of carbonyl (C=O) groups excluding carboxylic acids is 1. The number of nitrogens with two attached hydrogens (primary N) is 1. The van der Waals surface area contributed by atoms with Gasteiger partial charge in [0.25, 0.3) is 0 Å². The number of nitrogens with one attached hydrogen (secondary N) is 1. The summed E-state index contributed by atoms with van der Waals surface area (Å²) >= 11 is 1.47. The Hall–Kier alpha value is -1.58. The zero-order valence-corrected chi connectivity index (χ0v) is 16.1. The van der Waals surface area contributed by atoms with E-state index in [0.29, 0.717) is 56.5 Å². The number of aromatic nitrogens is 2. The molecule has 0 radical (unpaired) electrons. The molecule has 1 aromatic rings. The molecule has 2 atom stereocenters. The van der Waals surface area contributed by atoms with E-state index in [1.807, 2.05) is 13.2 Å². The van der Waals surface area contributed by atoms with E-state index in [1.54, 1.807) is 12.3 Å². The molecule has 1 amide bonds. The van der Waals surface area contributed by atoms with Gasteiger partial charge in [0.1, 0.15) is 11.9 Å². The number of hydrogen-bond acceptors (Lipinski definition) is 8. The maximum Gasteiger partial charge on any atom is 0.230 e. The van der Waals surface area contributed by atoms with Crippen LogP contribution in [0.2, 0.25) is 0 Å². The lowest BCUT2D eigenvalue weighted by molar-refractivity contribution is -0.198. The van der Waals surface area contributed by atoms with Gasteiger partial charge in [-0.2, -0.15) is 16.7 Å². The number of aliphatic hydroxyl groups excluding tert-OH is 1. The monoisotopic (exact) mass is 381 g/mol. The normalized spacial score (nSPS) is 28.1. The van der Waals surface area contributed by atoms with Crippen molar-refractivity contribution in [3.8, 4) is 0 Å². The van der Waals surface area contributed by atoms with Crippen LogP contribution in [0.25, 0.3) is 0 Å². The molecule has 1 aromatic heterocycles. The fourth-order valence-electron chi connectivity index (χ4n) is 3.90. The molecule has 26 heavy (non-hydrogen) atoms. The Balaban J connectivity index is 1.69. The number of rotatable bonds is 4. The third-order valence-corrected chi connectivity index (χ3v) is 5.92. The molecular formula is C17H27N5O3S. The first-order valence-electron chi connectivity index (χ1n) is 8.84. The third kappa shape index (κ3) is 3.74. The molecule has 1 spiro atoms. The van der Waals surface area contributed by atoms with Gasteiger partial charge in [-0.05, 0) is 38.5 Å². The van der Waals surface area contributed by atoms with Gasteiger partial charge in [-0.1, -0.05) is 0 Å². The maximum atomic E-state index is 12.1. The molecule has 2 aliphatic rings. The molecule has 1 unspecified atom stereocenters. The standard InChI is InChI=1S/C17H27N5O3S/c1-16(21-13(23)11-26-2)6-10-25-17(14(16)24)4-8-22(9-5-17)15-19-7-3-12(18)20-15/h3,7,14,24H,4-6,8-11H2,1-2H3,(H,21,23)(H2,18,19,20)/t14?,16-/m1/s1. The van der Waals surface area contributed by atoms with E-state index in [0.717, 1.165) is 0 Å². The van der Waals surface area contributed by atoms with Crippen LogP contribution in [-0.2, 0) is 9.53 Å². The molecule has 2 aliphatic heterocycles. The van der Waals surface area contributed by atoms with Crippen LogP contribution in [0.4, 0.5) is 11.8 Å². The van der Waals surface area contributed by atoms with Crippen molar-refractivity contribution in [2.45, 2.75) is 43.4 Å². The minimum Gasteiger partial charge on any atom is -0.388 e. The lowest BCUT2D eigenvalue weighted by Gasteiger charge is -2.53. The van der Waals surface area contributed by atoms with Gasteiger partial charge in [0.15, 0.2) is 0 Å². The minimum atomic E-state index is -0.765. The summed E-state index contributed by atoms with van der Waals surface area (Å²) in [4.78, 5) is 22.7. The zero-order chi connectivity index (χ0) is 18.8. The summed E-state index contributed by atoms with van der Waals surface area (Å²) in [5, 5.41) is 14.1. The van der Waals surface area contributed by atoms with Gasteiger partial charge in [-0.25, -0.2) is 4.98 Å². The molecule has 0 bridgehead atoms. The van der Waals surface area contributed by atoms with Crippen molar-refractivity contribution in [3.05, 3.63) is 12.3 Å². The van der Waals surface area contributed by atoms with E-state index in [9.17, 15) is 9.90 Å². The van der Waals surface area contributed by atoms with Gasteiger partial charge in [0.2, 0.25) is 11.9 Å². The Morgan fingerprint density at radius 2 is 2.23 bits per heavy atom. The van der Waals surface area contributed by atoms with Gasteiger partial charge in [0.05, 0.1) is 16.9 Å². The van der Waals surface area contributed by atoms with Crippen LogP contribution in [-0.4, -0.2) is 69.9 Å². The van der Waals surface area contributed by atoms with Crippen molar-refractivity contribution >= 4 is 29.4 Å². The molecule has 0 aromatic carbocycles. The number of piperidine rings is 1. The summed E-state index contributed by atoms with van der Waals surface area (Å²) in [6, 6.07) is 1.66. The van der Waals surface area contributed by atoms with E-state index in [-0.39, 0.29) is 5.91 Å². The molecule has 3 rings (SSSR count). The highest BCUT2D eigenvalue weighted by molar-refractivity contribution is 7.99. The smallest absolute Gasteiger partial charge is 0.230 e. The predicted molar refractivity (Wildman–Crippen MR) is 102 cm³/mol. The number of nitrogens with zero attached hydrogens (tertiary/aromatic N) is 3. The number of ether oxygens (including phenoxy) is 1. The molecule has 9 heteroatoms. The average Bonchev–Trinajstić information content (AvgIpc) is 2.61. The van der Waals surface area contributed by atoms with Gasteiger partial charge in [-0.3, -0.25) is 4.79 Å². The van der Waals surface area contributed by atoms with Crippen LogP contribution in [0.1, 0.15) is 26.2 Å². The number of anilines is 2. The first-order valence-corrected chi connectivity index (χ1v) is 10.2. The van der Waals surface area contributed by atoms with Crippen LogP contribution >= 0.6 is 11.8 Å². The molecule has 0 saturated carbocycles. The summed E-state index contributed by atoms with van der Waals surface area (Å²) < 4.78 is 6.06. The van der Waals surface area contributed by atoms with Crippen LogP contribution in [0.3, 0.4) is 0 Å². The molecule has 2 fully saturated rings. The second-order valence-corrected chi connectivity index (χ2v) is 8.10. The second kappa shape index (κ2) is 7.58. The number of thioether (sulfide) groups is 1. The first kappa shape index (κ1) is 19.2. The first-order chi connectivity index (χ1) is 12.4. The fourth-order valence-corrected chi connectivity index (χ4v) is 4.23. The van der Waals surface area contributed by atoms with Crippen molar-refractivity contribution in [1.82, 2.24) is 15.3 Å². The molecule has 3 heterocycles. The largest absolute Gasteiger partial charge is 0.388 e. The van der Waals surface area contributed by atoms with Gasteiger partial charge < -0.3 is 25.8 Å². The zero-order valence-electron chi connectivity index (χ0n) is 15.3. The summed E-state index contributed by atoms with van der Waals surface area (Å²) in [5.74, 6) is 1.37. The molecule has 0 aliphatic carbocycles. The molecular weight excluding hydrogens is 354 g/mol. The van der Waals surface area contributed by atoms with Gasteiger partial charge in [-0.15, -0.1) is 0 Å². The Labute approximate surface area is 157 Å². The molecule has 4 N–H and O–H groups in total. The van der Waals surface area contributed by atoms with E-state index < -0.39 is 17.2 Å². The molecule has 144 valence electrons. The predicted octanol–water partition coefficient (Wildman–Crippen LogP) is 0.417. The number of hydrogen-bond donors (Lipinski definition) is 3. The maximum absolute atomic E-state index is 12.1. The van der Waals surface area contributed by atoms with Crippen molar-refractivity contribution in [2.75, 3.05) is 42.3 Å². The van der Waals surface area contributed by atoms with Crippen molar-refractivity contribution in [2.24, 2.45) is 0 Å². The van der Waals surface area contributed by atoms with Crippen LogP contribution in [0, 0.1) is 0 Å². The topological polar surface area (TPSA) is 114 Å². The summed E-state index contributed by atoms with van der Waals surface area (Å²) in [6.07, 6.45) is 4.64. The van der Waals surface area contributed by atoms with E-state index in [1.165, 1.54) is 11.8 Å². The lowest BCUT2D eigenvalue weighted by Crippen LogP contribution is -2.69. The highest BCUT2D eigenvalue weighted by Gasteiger charge is 2.53.